The van der Waals surface area contributed by atoms with E-state index in [0.717, 1.165) is 0 Å². The molecular weight excluding hydrogens is 260 g/mol. The monoisotopic (exact) mass is 276 g/mol. The van der Waals surface area contributed by atoms with Crippen LogP contribution in [0.2, 0.25) is 0 Å². The Bertz CT molecular complexity index is 537. The van der Waals surface area contributed by atoms with Gasteiger partial charge in [0.25, 0.3) is 0 Å². The zero-order chi connectivity index (χ0) is 14.3. The molecule has 20 heavy (non-hydrogen) atoms. The van der Waals surface area contributed by atoms with Gasteiger partial charge in [-0.05, 0) is 6.08 Å². The molecule has 6 nitrogen and oxygen atoms in total. The SMILES string of the molecule is COC(=O)C1=CC2C3C=CC=CC3NC2N1C(=O)OC. The predicted octanol–water partition coefficient (Wildman–Crippen LogP) is 0.782. The molecule has 1 N–H and O–H groups in total. The number of methoxy groups -OCH3 is 2. The number of ether oxygens (including phenoxy) is 2. The maximum absolute atomic E-state index is 12.0. The summed E-state index contributed by atoms with van der Waals surface area (Å²) in [5.74, 6) is -0.271. The predicted molar refractivity (Wildman–Crippen MR) is 70.3 cm³/mol. The van der Waals surface area contributed by atoms with E-state index in [1.165, 1.54) is 19.1 Å². The molecule has 2 aliphatic heterocycles. The highest BCUT2D eigenvalue weighted by Crippen LogP contribution is 2.40. The van der Waals surface area contributed by atoms with Crippen molar-refractivity contribution in [2.75, 3.05) is 14.2 Å². The molecule has 2 heterocycles. The van der Waals surface area contributed by atoms with Crippen molar-refractivity contribution in [1.82, 2.24) is 10.2 Å². The quantitative estimate of drug-likeness (QED) is 0.717. The molecule has 0 saturated carbocycles. The van der Waals surface area contributed by atoms with Crippen LogP contribution in [0.4, 0.5) is 4.79 Å². The van der Waals surface area contributed by atoms with Crippen molar-refractivity contribution in [2.24, 2.45) is 11.8 Å². The first-order valence-corrected chi connectivity index (χ1v) is 6.45. The van der Waals surface area contributed by atoms with Crippen LogP contribution in [-0.2, 0) is 14.3 Å². The average molecular weight is 276 g/mol. The Morgan fingerprint density at radius 3 is 2.60 bits per heavy atom. The molecule has 0 radical (unpaired) electrons. The van der Waals surface area contributed by atoms with Crippen LogP contribution >= 0.6 is 0 Å². The van der Waals surface area contributed by atoms with Gasteiger partial charge in [0.05, 0.1) is 20.4 Å². The van der Waals surface area contributed by atoms with Crippen LogP contribution in [0, 0.1) is 11.8 Å². The second-order valence-corrected chi connectivity index (χ2v) is 4.95. The minimum absolute atomic E-state index is 0.0365. The van der Waals surface area contributed by atoms with Gasteiger partial charge in [-0.25, -0.2) is 9.59 Å². The molecule has 1 saturated heterocycles. The van der Waals surface area contributed by atoms with E-state index in [9.17, 15) is 9.59 Å². The third-order valence-electron chi connectivity index (χ3n) is 4.00. The average Bonchev–Trinajstić information content (AvgIpc) is 3.01. The van der Waals surface area contributed by atoms with E-state index in [-0.39, 0.29) is 29.7 Å². The summed E-state index contributed by atoms with van der Waals surface area (Å²) in [6, 6.07) is 0.164. The van der Waals surface area contributed by atoms with Gasteiger partial charge in [0, 0.05) is 17.9 Å². The second kappa shape index (κ2) is 4.79. The van der Waals surface area contributed by atoms with Crippen LogP contribution in [0.15, 0.2) is 36.1 Å². The van der Waals surface area contributed by atoms with Crippen molar-refractivity contribution < 1.29 is 19.1 Å². The number of fused-ring (bicyclic) bond motifs is 3. The molecule has 0 aromatic heterocycles. The lowest BCUT2D eigenvalue weighted by molar-refractivity contribution is -0.137. The molecule has 106 valence electrons. The molecule has 3 aliphatic rings. The summed E-state index contributed by atoms with van der Waals surface area (Å²) in [6.45, 7) is 0. The lowest BCUT2D eigenvalue weighted by atomic mass is 9.87. The van der Waals surface area contributed by atoms with Crippen LogP contribution in [0.25, 0.3) is 0 Å². The first-order chi connectivity index (χ1) is 9.67. The molecule has 1 amide bonds. The molecule has 0 bridgehead atoms. The van der Waals surface area contributed by atoms with E-state index in [4.69, 9.17) is 9.47 Å². The number of rotatable bonds is 1. The van der Waals surface area contributed by atoms with Gasteiger partial charge in [-0.15, -0.1) is 0 Å². The number of carbonyl (C=O) groups excluding carboxylic acids is 2. The Balaban J connectivity index is 1.96. The zero-order valence-corrected chi connectivity index (χ0v) is 11.3. The number of hydrogen-bond donors (Lipinski definition) is 1. The molecule has 0 aromatic rings. The summed E-state index contributed by atoms with van der Waals surface area (Å²) in [4.78, 5) is 25.2. The van der Waals surface area contributed by atoms with E-state index < -0.39 is 12.1 Å². The fraction of sp³-hybridized carbons (Fsp3) is 0.429. The van der Waals surface area contributed by atoms with Crippen LogP contribution in [0.1, 0.15) is 0 Å². The number of hydrogen-bond acceptors (Lipinski definition) is 5. The van der Waals surface area contributed by atoms with E-state index in [2.05, 4.69) is 17.5 Å². The molecule has 1 aliphatic carbocycles. The molecule has 1 fully saturated rings. The van der Waals surface area contributed by atoms with Crippen LogP contribution in [0.5, 0.6) is 0 Å². The fourth-order valence-corrected chi connectivity index (χ4v) is 3.12. The van der Waals surface area contributed by atoms with Crippen molar-refractivity contribution >= 4 is 12.1 Å². The number of carbonyl (C=O) groups is 2. The van der Waals surface area contributed by atoms with E-state index >= 15 is 0 Å². The summed E-state index contributed by atoms with van der Waals surface area (Å²) in [5, 5.41) is 3.36. The zero-order valence-electron chi connectivity index (χ0n) is 11.3. The first kappa shape index (κ1) is 12.9. The number of esters is 1. The number of allylic oxidation sites excluding steroid dienone is 2. The van der Waals surface area contributed by atoms with E-state index in [1.807, 2.05) is 12.2 Å². The Kier molecular flexibility index (Phi) is 3.10. The van der Waals surface area contributed by atoms with Crippen molar-refractivity contribution in [2.45, 2.75) is 12.2 Å². The molecule has 0 aromatic carbocycles. The molecular formula is C14H16N2O4. The van der Waals surface area contributed by atoms with Gasteiger partial charge in [0.1, 0.15) is 5.70 Å². The number of amides is 1. The maximum Gasteiger partial charge on any atom is 0.415 e. The maximum atomic E-state index is 12.0. The van der Waals surface area contributed by atoms with Crippen LogP contribution in [0.3, 0.4) is 0 Å². The molecule has 4 atom stereocenters. The fourth-order valence-electron chi connectivity index (χ4n) is 3.12. The van der Waals surface area contributed by atoms with Gasteiger partial charge in [-0.3, -0.25) is 10.2 Å². The van der Waals surface area contributed by atoms with Gasteiger partial charge in [0.15, 0.2) is 0 Å². The Labute approximate surface area is 116 Å². The third kappa shape index (κ3) is 1.76. The van der Waals surface area contributed by atoms with Gasteiger partial charge < -0.3 is 9.47 Å². The first-order valence-electron chi connectivity index (χ1n) is 6.45. The van der Waals surface area contributed by atoms with Gasteiger partial charge in [0.2, 0.25) is 0 Å². The minimum Gasteiger partial charge on any atom is -0.464 e. The summed E-state index contributed by atoms with van der Waals surface area (Å²) in [5.41, 5.74) is 0.239. The highest BCUT2D eigenvalue weighted by molar-refractivity contribution is 5.93. The second-order valence-electron chi connectivity index (χ2n) is 4.95. The Morgan fingerprint density at radius 1 is 1.15 bits per heavy atom. The molecule has 4 unspecified atom stereocenters. The summed E-state index contributed by atoms with van der Waals surface area (Å²) >= 11 is 0. The normalized spacial score (nSPS) is 33.5. The van der Waals surface area contributed by atoms with E-state index in [0.29, 0.717) is 0 Å². The van der Waals surface area contributed by atoms with Crippen molar-refractivity contribution in [3.63, 3.8) is 0 Å². The molecule has 6 heteroatoms. The lowest BCUT2D eigenvalue weighted by Gasteiger charge is -2.25. The lowest BCUT2D eigenvalue weighted by Crippen LogP contribution is -2.47. The van der Waals surface area contributed by atoms with Crippen molar-refractivity contribution in [3.05, 3.63) is 36.1 Å². The summed E-state index contributed by atoms with van der Waals surface area (Å²) < 4.78 is 9.53. The number of nitrogens with zero attached hydrogens (tertiary/aromatic N) is 1. The van der Waals surface area contributed by atoms with Gasteiger partial charge >= 0.3 is 12.1 Å². The minimum atomic E-state index is -0.562. The largest absolute Gasteiger partial charge is 0.464 e. The number of nitrogens with one attached hydrogen (secondary N) is 1. The molecule has 0 spiro atoms. The Morgan fingerprint density at radius 2 is 1.90 bits per heavy atom. The summed E-state index contributed by atoms with van der Waals surface area (Å²) in [7, 11) is 2.60. The smallest absolute Gasteiger partial charge is 0.415 e. The Hall–Kier alpha value is -2.08. The van der Waals surface area contributed by atoms with Crippen LogP contribution in [-0.4, -0.2) is 43.4 Å². The molecule has 3 rings (SSSR count). The van der Waals surface area contributed by atoms with Crippen LogP contribution < -0.4 is 5.32 Å². The highest BCUT2D eigenvalue weighted by Gasteiger charge is 2.51. The van der Waals surface area contributed by atoms with E-state index in [1.54, 1.807) is 6.08 Å². The standard InChI is InChI=1S/C14H16N2O4/c1-19-13(17)11-7-9-8-5-3-4-6-10(8)15-12(9)16(11)14(18)20-2/h3-10,12,15H,1-2H3. The third-order valence-corrected chi connectivity index (χ3v) is 4.00. The van der Waals surface area contributed by atoms with Gasteiger partial charge in [-0.2, -0.15) is 0 Å². The topological polar surface area (TPSA) is 67.9 Å². The summed E-state index contributed by atoms with van der Waals surface area (Å²) in [6.07, 6.45) is 9.07. The van der Waals surface area contributed by atoms with Gasteiger partial charge in [-0.1, -0.05) is 24.3 Å². The highest BCUT2D eigenvalue weighted by atomic mass is 16.5. The van der Waals surface area contributed by atoms with Crippen molar-refractivity contribution in [3.8, 4) is 0 Å². The van der Waals surface area contributed by atoms with Crippen molar-refractivity contribution in [1.29, 1.82) is 0 Å².